The van der Waals surface area contributed by atoms with Crippen molar-refractivity contribution in [1.29, 1.82) is 0 Å². The SMILES string of the molecule is Brc1c2ccccc2c(-c2ccc3c(c2)oc2ccccc23)c2ccccc12.C.OB(O)c1cc(-c2ccccc2)c2ccccc2c1.[2HH].c1ccc(-c2cc(-c3c4ccccc4c(-c4ccc5c(c4)oc4ccccc45)c4ccccc34)cc3ccccc23)cc1. The molecule has 4 nitrogen and oxygen atoms in total. The van der Waals surface area contributed by atoms with E-state index in [9.17, 15) is 10.0 Å². The van der Waals surface area contributed by atoms with Crippen molar-refractivity contribution in [1.82, 2.24) is 0 Å². The second kappa shape index (κ2) is 23.9. The maximum atomic E-state index is 9.41. The molecule has 0 aliphatic heterocycles. The molecule has 0 bridgehead atoms. The molecule has 0 atom stereocenters. The first kappa shape index (κ1) is 56.6. The molecule has 0 saturated carbocycles. The summed E-state index contributed by atoms with van der Waals surface area (Å²) in [5, 5.41) is 38.0. The molecule has 0 aliphatic rings. The highest BCUT2D eigenvalue weighted by Crippen LogP contribution is 2.47. The van der Waals surface area contributed by atoms with Crippen LogP contribution in [-0.4, -0.2) is 17.2 Å². The van der Waals surface area contributed by atoms with E-state index in [1.807, 2.05) is 91.0 Å². The summed E-state index contributed by atoms with van der Waals surface area (Å²) in [6.07, 6.45) is 0. The summed E-state index contributed by atoms with van der Waals surface area (Å²) in [5.74, 6) is 0. The third kappa shape index (κ3) is 10.2. The molecule has 18 rings (SSSR count). The lowest BCUT2D eigenvalue weighted by Gasteiger charge is -2.19. The van der Waals surface area contributed by atoms with Gasteiger partial charge in [0.15, 0.2) is 0 Å². The van der Waals surface area contributed by atoms with Gasteiger partial charge in [0.2, 0.25) is 0 Å². The molecule has 0 fully saturated rings. The Morgan fingerprint density at radius 1 is 0.253 bits per heavy atom. The summed E-state index contributed by atoms with van der Waals surface area (Å²) < 4.78 is 13.6. The van der Waals surface area contributed by atoms with Gasteiger partial charge < -0.3 is 18.9 Å². The van der Waals surface area contributed by atoms with Gasteiger partial charge in [-0.05, 0) is 190 Å². The van der Waals surface area contributed by atoms with Gasteiger partial charge in [0.25, 0.3) is 0 Å². The van der Waals surface area contributed by atoms with Crippen LogP contribution in [-0.2, 0) is 0 Å². The molecule has 0 spiro atoms. The smallest absolute Gasteiger partial charge is 0.456 e. The highest BCUT2D eigenvalue weighted by Gasteiger charge is 2.21. The number of fused-ring (bicyclic) bond motifs is 12. The van der Waals surface area contributed by atoms with E-state index in [4.69, 9.17) is 8.83 Å². The van der Waals surface area contributed by atoms with Crippen LogP contribution in [0.4, 0.5) is 0 Å². The topological polar surface area (TPSA) is 66.7 Å². The van der Waals surface area contributed by atoms with E-state index in [2.05, 4.69) is 240 Å². The van der Waals surface area contributed by atoms with Gasteiger partial charge in [0.1, 0.15) is 22.3 Å². The van der Waals surface area contributed by atoms with Gasteiger partial charge in [-0.2, -0.15) is 0 Å². The van der Waals surface area contributed by atoms with Crippen molar-refractivity contribution < 1.29 is 20.3 Å². The van der Waals surface area contributed by atoms with Crippen LogP contribution in [0.15, 0.2) is 329 Å². The molecule has 2 N–H and O–H groups in total. The fourth-order valence-corrected chi connectivity index (χ4v) is 14.2. The number of para-hydroxylation sites is 2. The van der Waals surface area contributed by atoms with Crippen molar-refractivity contribution in [3.8, 4) is 55.6 Å². The third-order valence-corrected chi connectivity index (χ3v) is 18.5. The fourth-order valence-electron chi connectivity index (χ4n) is 13.6. The maximum absolute atomic E-state index is 9.41. The Morgan fingerprint density at radius 3 is 1.00 bits per heavy atom. The lowest BCUT2D eigenvalue weighted by Crippen LogP contribution is -2.29. The average Bonchev–Trinajstić information content (AvgIpc) is 0.859. The van der Waals surface area contributed by atoms with Gasteiger partial charge >= 0.3 is 7.12 Å². The Morgan fingerprint density at radius 2 is 0.571 bits per heavy atom. The molecule has 0 saturated heterocycles. The van der Waals surface area contributed by atoms with Crippen molar-refractivity contribution in [2.24, 2.45) is 0 Å². The first-order valence-electron chi connectivity index (χ1n) is 30.3. The molecule has 434 valence electrons. The monoisotopic (exact) mass is 1240 g/mol. The van der Waals surface area contributed by atoms with E-state index in [-0.39, 0.29) is 8.85 Å². The third-order valence-electron chi connectivity index (χ3n) is 17.6. The molecule has 0 radical (unpaired) electrons. The van der Waals surface area contributed by atoms with Gasteiger partial charge in [-0.1, -0.05) is 274 Å². The van der Waals surface area contributed by atoms with Crippen LogP contribution in [0.2, 0.25) is 0 Å². The molecule has 0 aliphatic carbocycles. The molecule has 2 aromatic heterocycles. The highest BCUT2D eigenvalue weighted by atomic mass is 79.9. The van der Waals surface area contributed by atoms with Gasteiger partial charge in [0.05, 0.1) is 0 Å². The zero-order valence-electron chi connectivity index (χ0n) is 48.7. The van der Waals surface area contributed by atoms with E-state index in [1.54, 1.807) is 0 Å². The number of benzene rings is 16. The van der Waals surface area contributed by atoms with Crippen LogP contribution in [0, 0.1) is 0 Å². The Bertz CT molecular complexity index is 5690. The lowest BCUT2D eigenvalue weighted by atomic mass is 9.77. The Kier molecular flexibility index (Phi) is 14.9. The van der Waals surface area contributed by atoms with Crippen LogP contribution >= 0.6 is 15.9 Å². The number of rotatable bonds is 6. The molecular weight excluding hydrogens is 1180 g/mol. The van der Waals surface area contributed by atoms with Crippen LogP contribution in [0.1, 0.15) is 8.85 Å². The fraction of sp³-hybridized carbons (Fsp3) is 0.0118. The molecule has 18 aromatic rings. The maximum Gasteiger partial charge on any atom is 0.488 e. The second-order valence-electron chi connectivity index (χ2n) is 22.9. The Balaban J connectivity index is 0.000000129. The largest absolute Gasteiger partial charge is 0.488 e. The molecule has 6 heteroatoms. The number of furan rings is 2. The minimum absolute atomic E-state index is 0. The quantitative estimate of drug-likeness (QED) is 0.129. The minimum Gasteiger partial charge on any atom is -0.456 e. The van der Waals surface area contributed by atoms with Crippen LogP contribution in [0.25, 0.3) is 164 Å². The summed E-state index contributed by atoms with van der Waals surface area (Å²) in [4.78, 5) is 0. The summed E-state index contributed by atoms with van der Waals surface area (Å²) >= 11 is 3.83. The van der Waals surface area contributed by atoms with E-state index in [0.29, 0.717) is 5.46 Å². The number of hydrogen-bond acceptors (Lipinski definition) is 4. The molecule has 0 unspecified atom stereocenters. The summed E-state index contributed by atoms with van der Waals surface area (Å²) in [6, 6.07) is 110. The molecule has 0 amide bonds. The van der Waals surface area contributed by atoms with Gasteiger partial charge in [-0.15, -0.1) is 0 Å². The molecule has 16 aromatic carbocycles. The standard InChI is InChI=1S/C42H26O.C26H15BrO.C16H13BO2.CH4.H2/c1-2-12-27(13-3-1)38-25-30(24-28-14-4-5-15-31(28)38)42-36-19-8-6-17-34(36)41(35-18-7-9-20-37(35)42)29-22-23-33-32-16-10-11-21-39(32)43-40(33)26-29;27-26-21-10-3-1-8-19(21)25(20-9-2-4-11-22(20)26)16-13-14-18-17-7-5-6-12-23(17)28-24(18)15-16;18-17(19)14-10-13-8-4-5-9-15(13)16(11-14)12-6-2-1-3-7-12;;/h1-26H;1-15H;1-11,18-19H;1H4;1H/i;;;;1+1. The predicted octanol–water partition coefficient (Wildman–Crippen LogP) is 23.4. The van der Waals surface area contributed by atoms with Gasteiger partial charge in [-0.25, -0.2) is 0 Å². The number of hydrogen-bond donors (Lipinski definition) is 2. The van der Waals surface area contributed by atoms with Crippen LogP contribution < -0.4 is 5.46 Å². The minimum atomic E-state index is -1.45. The normalized spacial score (nSPS) is 11.4. The van der Waals surface area contributed by atoms with Crippen molar-refractivity contribution in [2.75, 3.05) is 0 Å². The number of halogens is 1. The lowest BCUT2D eigenvalue weighted by molar-refractivity contribution is 0.426. The zero-order valence-corrected chi connectivity index (χ0v) is 50.3. The van der Waals surface area contributed by atoms with Crippen molar-refractivity contribution in [3.63, 3.8) is 0 Å². The van der Waals surface area contributed by atoms with Crippen LogP contribution in [0.5, 0.6) is 0 Å². The first-order valence-corrected chi connectivity index (χ1v) is 31.1. The summed E-state index contributed by atoms with van der Waals surface area (Å²) in [6.45, 7) is 0. The van der Waals surface area contributed by atoms with Gasteiger partial charge in [0, 0.05) is 27.4 Å². The van der Waals surface area contributed by atoms with Crippen LogP contribution in [0.3, 0.4) is 0 Å². The Hall–Kier alpha value is -10.9. The Labute approximate surface area is 536 Å². The second-order valence-corrected chi connectivity index (χ2v) is 23.7. The van der Waals surface area contributed by atoms with E-state index < -0.39 is 7.12 Å². The van der Waals surface area contributed by atoms with Gasteiger partial charge in [-0.3, -0.25) is 0 Å². The van der Waals surface area contributed by atoms with Crippen molar-refractivity contribution in [2.45, 2.75) is 7.43 Å². The zero-order chi connectivity index (χ0) is 60.2. The highest BCUT2D eigenvalue weighted by molar-refractivity contribution is 9.10. The van der Waals surface area contributed by atoms with E-state index >= 15 is 0 Å². The average molecular weight is 1240 g/mol. The summed E-state index contributed by atoms with van der Waals surface area (Å²) in [5.41, 5.74) is 16.1. The van der Waals surface area contributed by atoms with Crippen molar-refractivity contribution >= 4 is 137 Å². The molecule has 2 heterocycles. The van der Waals surface area contributed by atoms with Crippen molar-refractivity contribution in [3.05, 3.63) is 320 Å². The molecular formula is C85H60BBrO4. The predicted molar refractivity (Wildman–Crippen MR) is 392 cm³/mol. The summed E-state index contributed by atoms with van der Waals surface area (Å²) in [7, 11) is -1.45. The molecule has 91 heavy (non-hydrogen) atoms. The van der Waals surface area contributed by atoms with E-state index in [0.717, 1.165) is 75.8 Å². The first-order chi connectivity index (χ1) is 44.4. The van der Waals surface area contributed by atoms with E-state index in [1.165, 1.54) is 92.8 Å².